The van der Waals surface area contributed by atoms with Crippen molar-refractivity contribution in [1.29, 1.82) is 0 Å². The van der Waals surface area contributed by atoms with Crippen molar-refractivity contribution in [3.63, 3.8) is 0 Å². The molecule has 0 saturated heterocycles. The molecule has 0 radical (unpaired) electrons. The van der Waals surface area contributed by atoms with Crippen LogP contribution in [-0.2, 0) is 5.75 Å². The minimum atomic E-state index is -0.273. The van der Waals surface area contributed by atoms with Crippen molar-refractivity contribution in [2.45, 2.75) is 11.9 Å². The molecule has 1 unspecified atom stereocenters. The molecule has 0 spiro atoms. The Balaban J connectivity index is 2.07. The van der Waals surface area contributed by atoms with E-state index in [1.54, 1.807) is 18.0 Å². The average Bonchev–Trinajstić information content (AvgIpc) is 2.57. The van der Waals surface area contributed by atoms with Crippen LogP contribution in [0.2, 0.25) is 0 Å². The molecule has 13 heavy (non-hydrogen) atoms. The second-order valence-electron chi connectivity index (χ2n) is 2.81. The van der Waals surface area contributed by atoms with Crippen molar-refractivity contribution in [2.24, 2.45) is 0 Å². The molecular formula is C9H15NO2S. The molecule has 0 amide bonds. The van der Waals surface area contributed by atoms with Gasteiger partial charge in [-0.3, -0.25) is 0 Å². The Morgan fingerprint density at radius 3 is 3.15 bits per heavy atom. The molecule has 0 bridgehead atoms. The van der Waals surface area contributed by atoms with E-state index < -0.39 is 0 Å². The largest absolute Gasteiger partial charge is 0.468 e. The number of nitrogens with one attached hydrogen (secondary N) is 1. The minimum absolute atomic E-state index is 0.273. The Labute approximate surface area is 82.5 Å². The fraction of sp³-hybridized carbons (Fsp3) is 0.556. The highest BCUT2D eigenvalue weighted by Crippen LogP contribution is 2.12. The Bertz CT molecular complexity index is 213. The molecule has 0 aliphatic heterocycles. The van der Waals surface area contributed by atoms with Gasteiger partial charge >= 0.3 is 0 Å². The first-order valence-corrected chi connectivity index (χ1v) is 5.41. The van der Waals surface area contributed by atoms with E-state index in [2.05, 4.69) is 5.32 Å². The quantitative estimate of drug-likeness (QED) is 0.723. The minimum Gasteiger partial charge on any atom is -0.468 e. The SMILES string of the molecule is CNCC(O)CSCc1ccco1. The number of hydrogen-bond acceptors (Lipinski definition) is 4. The van der Waals surface area contributed by atoms with Crippen LogP contribution in [0.3, 0.4) is 0 Å². The lowest BCUT2D eigenvalue weighted by atomic mass is 10.4. The highest BCUT2D eigenvalue weighted by molar-refractivity contribution is 7.98. The summed E-state index contributed by atoms with van der Waals surface area (Å²) in [4.78, 5) is 0. The van der Waals surface area contributed by atoms with Crippen LogP contribution in [0, 0.1) is 0 Å². The van der Waals surface area contributed by atoms with Gasteiger partial charge < -0.3 is 14.8 Å². The number of rotatable bonds is 6. The third kappa shape index (κ3) is 4.36. The molecule has 1 atom stereocenters. The van der Waals surface area contributed by atoms with Crippen LogP contribution >= 0.6 is 11.8 Å². The molecule has 4 heteroatoms. The summed E-state index contributed by atoms with van der Waals surface area (Å²) in [6.07, 6.45) is 1.39. The number of aliphatic hydroxyl groups is 1. The van der Waals surface area contributed by atoms with E-state index in [9.17, 15) is 5.11 Å². The van der Waals surface area contributed by atoms with E-state index in [0.29, 0.717) is 6.54 Å². The molecule has 0 fully saturated rings. The highest BCUT2D eigenvalue weighted by Gasteiger charge is 2.03. The molecule has 1 heterocycles. The Morgan fingerprint density at radius 1 is 1.69 bits per heavy atom. The summed E-state index contributed by atoms with van der Waals surface area (Å²) in [7, 11) is 1.83. The summed E-state index contributed by atoms with van der Waals surface area (Å²) in [5.41, 5.74) is 0. The third-order valence-corrected chi connectivity index (χ3v) is 2.68. The number of furan rings is 1. The lowest BCUT2D eigenvalue weighted by Crippen LogP contribution is -2.25. The molecule has 0 saturated carbocycles. The lowest BCUT2D eigenvalue weighted by molar-refractivity contribution is 0.199. The van der Waals surface area contributed by atoms with Crippen LogP contribution < -0.4 is 5.32 Å². The maximum atomic E-state index is 9.36. The van der Waals surface area contributed by atoms with Gasteiger partial charge in [-0.15, -0.1) is 0 Å². The zero-order valence-electron chi connectivity index (χ0n) is 7.69. The average molecular weight is 201 g/mol. The first-order chi connectivity index (χ1) is 6.33. The highest BCUT2D eigenvalue weighted by atomic mass is 32.2. The lowest BCUT2D eigenvalue weighted by Gasteiger charge is -2.07. The van der Waals surface area contributed by atoms with Gasteiger partial charge in [0.05, 0.1) is 18.1 Å². The molecular weight excluding hydrogens is 186 g/mol. The van der Waals surface area contributed by atoms with Crippen molar-refractivity contribution < 1.29 is 9.52 Å². The van der Waals surface area contributed by atoms with E-state index in [4.69, 9.17) is 4.42 Å². The third-order valence-electron chi connectivity index (χ3n) is 1.57. The maximum absolute atomic E-state index is 9.36. The number of likely N-dealkylation sites (N-methyl/N-ethyl adjacent to an activating group) is 1. The van der Waals surface area contributed by atoms with Gasteiger partial charge in [-0.05, 0) is 19.2 Å². The van der Waals surface area contributed by atoms with Gasteiger partial charge in [0.1, 0.15) is 5.76 Å². The van der Waals surface area contributed by atoms with Crippen molar-refractivity contribution >= 4 is 11.8 Å². The normalized spacial score (nSPS) is 13.1. The van der Waals surface area contributed by atoms with Crippen LogP contribution in [0.1, 0.15) is 5.76 Å². The van der Waals surface area contributed by atoms with Crippen LogP contribution in [0.25, 0.3) is 0 Å². The Hall–Kier alpha value is -0.450. The summed E-state index contributed by atoms with van der Waals surface area (Å²) >= 11 is 1.68. The standard InChI is InChI=1S/C9H15NO2S/c1-10-5-8(11)6-13-7-9-3-2-4-12-9/h2-4,8,10-11H,5-7H2,1H3. The van der Waals surface area contributed by atoms with Crippen molar-refractivity contribution in [3.8, 4) is 0 Å². The van der Waals surface area contributed by atoms with Crippen LogP contribution in [-0.4, -0.2) is 30.6 Å². The fourth-order valence-electron chi connectivity index (χ4n) is 0.985. The number of hydrogen-bond donors (Lipinski definition) is 2. The van der Waals surface area contributed by atoms with E-state index >= 15 is 0 Å². The summed E-state index contributed by atoms with van der Waals surface area (Å²) in [6.45, 7) is 0.644. The van der Waals surface area contributed by atoms with Gasteiger partial charge in [0, 0.05) is 12.3 Å². The topological polar surface area (TPSA) is 45.4 Å². The predicted octanol–water partition coefficient (Wildman–Crippen LogP) is 1.09. The molecule has 0 aromatic carbocycles. The zero-order chi connectivity index (χ0) is 9.52. The fourth-order valence-corrected chi connectivity index (χ4v) is 1.86. The maximum Gasteiger partial charge on any atom is 0.113 e. The van der Waals surface area contributed by atoms with Crippen molar-refractivity contribution in [1.82, 2.24) is 5.32 Å². The van der Waals surface area contributed by atoms with Crippen molar-refractivity contribution in [2.75, 3.05) is 19.3 Å². The van der Waals surface area contributed by atoms with Gasteiger partial charge in [0.2, 0.25) is 0 Å². The van der Waals surface area contributed by atoms with Gasteiger partial charge in [-0.25, -0.2) is 0 Å². The summed E-state index contributed by atoms with van der Waals surface area (Å²) in [6, 6.07) is 3.82. The molecule has 1 aromatic heterocycles. The molecule has 3 nitrogen and oxygen atoms in total. The van der Waals surface area contributed by atoms with Crippen molar-refractivity contribution in [3.05, 3.63) is 24.2 Å². The van der Waals surface area contributed by atoms with Gasteiger partial charge in [-0.1, -0.05) is 0 Å². The van der Waals surface area contributed by atoms with Crippen LogP contribution in [0.15, 0.2) is 22.8 Å². The molecule has 0 aliphatic rings. The van der Waals surface area contributed by atoms with E-state index in [0.717, 1.165) is 17.3 Å². The summed E-state index contributed by atoms with van der Waals surface area (Å²) in [5.74, 6) is 2.52. The summed E-state index contributed by atoms with van der Waals surface area (Å²) < 4.78 is 5.16. The van der Waals surface area contributed by atoms with Crippen LogP contribution in [0.4, 0.5) is 0 Å². The van der Waals surface area contributed by atoms with Gasteiger partial charge in [0.25, 0.3) is 0 Å². The van der Waals surface area contributed by atoms with Gasteiger partial charge in [-0.2, -0.15) is 11.8 Å². The molecule has 74 valence electrons. The smallest absolute Gasteiger partial charge is 0.113 e. The Morgan fingerprint density at radius 2 is 2.54 bits per heavy atom. The number of aliphatic hydroxyl groups excluding tert-OH is 1. The van der Waals surface area contributed by atoms with Gasteiger partial charge in [0.15, 0.2) is 0 Å². The second kappa shape index (κ2) is 6.07. The predicted molar refractivity (Wildman–Crippen MR) is 54.8 cm³/mol. The first-order valence-electron chi connectivity index (χ1n) is 4.25. The molecule has 1 aromatic rings. The molecule has 0 aliphatic carbocycles. The Kier molecular flexibility index (Phi) is 4.97. The second-order valence-corrected chi connectivity index (χ2v) is 3.84. The molecule has 2 N–H and O–H groups in total. The molecule has 1 rings (SSSR count). The zero-order valence-corrected chi connectivity index (χ0v) is 8.51. The number of thioether (sulfide) groups is 1. The first kappa shape index (κ1) is 10.6. The van der Waals surface area contributed by atoms with Crippen LogP contribution in [0.5, 0.6) is 0 Å². The summed E-state index contributed by atoms with van der Waals surface area (Å²) in [5, 5.41) is 12.3. The van der Waals surface area contributed by atoms with E-state index in [-0.39, 0.29) is 6.10 Å². The monoisotopic (exact) mass is 201 g/mol. The van der Waals surface area contributed by atoms with E-state index in [1.807, 2.05) is 19.2 Å². The van der Waals surface area contributed by atoms with E-state index in [1.165, 1.54) is 0 Å².